The molecule has 1 saturated heterocycles. The molecule has 2 aliphatic rings. The van der Waals surface area contributed by atoms with Gasteiger partial charge in [0.1, 0.15) is 5.70 Å². The summed E-state index contributed by atoms with van der Waals surface area (Å²) >= 11 is 5.35. The zero-order valence-electron chi connectivity index (χ0n) is 12.5. The minimum Gasteiger partial charge on any atom is -0.328 e. The molecule has 2 fully saturated rings. The van der Waals surface area contributed by atoms with Crippen LogP contribution in [0.1, 0.15) is 37.7 Å². The van der Waals surface area contributed by atoms with Crippen LogP contribution >= 0.6 is 12.2 Å². The Morgan fingerprint density at radius 1 is 1.14 bits per heavy atom. The highest BCUT2D eigenvalue weighted by molar-refractivity contribution is 7.80. The van der Waals surface area contributed by atoms with E-state index in [0.29, 0.717) is 10.8 Å². The molecule has 1 heterocycles. The van der Waals surface area contributed by atoms with E-state index in [0.717, 1.165) is 18.4 Å². The number of hydrogen-bond acceptors (Lipinski definition) is 2. The summed E-state index contributed by atoms with van der Waals surface area (Å²) in [6.45, 7) is 0. The van der Waals surface area contributed by atoms with Gasteiger partial charge in [-0.05, 0) is 36.7 Å². The van der Waals surface area contributed by atoms with Gasteiger partial charge < -0.3 is 5.32 Å². The molecule has 0 bridgehead atoms. The molecule has 0 atom stereocenters. The first-order valence-corrected chi connectivity index (χ1v) is 8.24. The van der Waals surface area contributed by atoms with Gasteiger partial charge in [0, 0.05) is 6.04 Å². The van der Waals surface area contributed by atoms with Crippen LogP contribution in [-0.4, -0.2) is 22.0 Å². The van der Waals surface area contributed by atoms with Crippen LogP contribution in [0.2, 0.25) is 0 Å². The van der Waals surface area contributed by atoms with E-state index in [-0.39, 0.29) is 11.9 Å². The quantitative estimate of drug-likeness (QED) is 0.683. The zero-order valence-corrected chi connectivity index (χ0v) is 13.3. The molecule has 0 radical (unpaired) electrons. The van der Waals surface area contributed by atoms with Crippen molar-refractivity contribution in [3.8, 4) is 0 Å². The average Bonchev–Trinajstić information content (AvgIpc) is 2.83. The third-order valence-corrected chi connectivity index (χ3v) is 4.50. The van der Waals surface area contributed by atoms with Gasteiger partial charge in [0.05, 0.1) is 0 Å². The summed E-state index contributed by atoms with van der Waals surface area (Å²) in [5, 5.41) is 3.61. The molecule has 0 spiro atoms. The number of thiocarbonyl (C=S) groups is 1. The van der Waals surface area contributed by atoms with Crippen molar-refractivity contribution >= 4 is 29.3 Å². The molecular formula is C18H20N2OS. The fourth-order valence-electron chi connectivity index (χ4n) is 3.05. The minimum atomic E-state index is 0.00890. The summed E-state index contributed by atoms with van der Waals surface area (Å²) in [6.07, 6.45) is 11.4. The van der Waals surface area contributed by atoms with Gasteiger partial charge in [-0.1, -0.05) is 61.7 Å². The van der Waals surface area contributed by atoms with Gasteiger partial charge in [-0.3, -0.25) is 9.69 Å². The Morgan fingerprint density at radius 2 is 1.86 bits per heavy atom. The Labute approximate surface area is 136 Å². The van der Waals surface area contributed by atoms with Gasteiger partial charge in [-0.2, -0.15) is 0 Å². The van der Waals surface area contributed by atoms with Crippen LogP contribution in [0.15, 0.2) is 48.2 Å². The normalized spacial score (nSPS) is 21.8. The fraction of sp³-hybridized carbons (Fsp3) is 0.333. The molecule has 1 saturated carbocycles. The van der Waals surface area contributed by atoms with Crippen molar-refractivity contribution in [1.29, 1.82) is 0 Å². The number of amides is 1. The summed E-state index contributed by atoms with van der Waals surface area (Å²) in [7, 11) is 0. The van der Waals surface area contributed by atoms with Gasteiger partial charge in [0.25, 0.3) is 5.91 Å². The molecule has 1 amide bonds. The summed E-state index contributed by atoms with van der Waals surface area (Å²) in [5.74, 6) is 0.00890. The Balaban J connectivity index is 1.70. The lowest BCUT2D eigenvalue weighted by Gasteiger charge is -2.29. The Morgan fingerprint density at radius 3 is 2.59 bits per heavy atom. The van der Waals surface area contributed by atoms with Crippen LogP contribution in [0.5, 0.6) is 0 Å². The molecule has 1 aliphatic carbocycles. The monoisotopic (exact) mass is 312 g/mol. The van der Waals surface area contributed by atoms with Crippen LogP contribution in [-0.2, 0) is 4.79 Å². The van der Waals surface area contributed by atoms with E-state index >= 15 is 0 Å². The molecule has 22 heavy (non-hydrogen) atoms. The van der Waals surface area contributed by atoms with Crippen molar-refractivity contribution in [3.63, 3.8) is 0 Å². The van der Waals surface area contributed by atoms with Crippen LogP contribution in [0, 0.1) is 0 Å². The van der Waals surface area contributed by atoms with Crippen molar-refractivity contribution in [2.24, 2.45) is 0 Å². The third-order valence-electron chi connectivity index (χ3n) is 4.20. The Bertz CT molecular complexity index is 615. The zero-order chi connectivity index (χ0) is 15.4. The summed E-state index contributed by atoms with van der Waals surface area (Å²) < 4.78 is 0. The number of carbonyl (C=O) groups excluding carboxylic acids is 1. The predicted octanol–water partition coefficient (Wildman–Crippen LogP) is 3.63. The molecular weight excluding hydrogens is 292 g/mol. The van der Waals surface area contributed by atoms with Crippen molar-refractivity contribution in [2.75, 3.05) is 0 Å². The second-order valence-corrected chi connectivity index (χ2v) is 6.13. The predicted molar refractivity (Wildman–Crippen MR) is 93.0 cm³/mol. The molecule has 3 nitrogen and oxygen atoms in total. The molecule has 3 rings (SSSR count). The maximum Gasteiger partial charge on any atom is 0.276 e. The van der Waals surface area contributed by atoms with Gasteiger partial charge in [0.15, 0.2) is 5.11 Å². The minimum absolute atomic E-state index is 0.00890. The van der Waals surface area contributed by atoms with Crippen LogP contribution in [0.3, 0.4) is 0 Å². The van der Waals surface area contributed by atoms with E-state index in [1.165, 1.54) is 19.3 Å². The molecule has 1 aromatic carbocycles. The molecule has 4 heteroatoms. The number of hydrogen-bond donors (Lipinski definition) is 1. The van der Waals surface area contributed by atoms with Gasteiger partial charge >= 0.3 is 0 Å². The van der Waals surface area contributed by atoms with E-state index in [9.17, 15) is 4.79 Å². The summed E-state index contributed by atoms with van der Waals surface area (Å²) in [6, 6.07) is 10.3. The van der Waals surface area contributed by atoms with Crippen molar-refractivity contribution < 1.29 is 4.79 Å². The van der Waals surface area contributed by atoms with Crippen molar-refractivity contribution in [2.45, 2.75) is 38.1 Å². The molecule has 0 aromatic heterocycles. The SMILES string of the molecule is O=C1/C(=C\C=C\c2ccccc2)NC(=S)N1C1CCCCC1. The first-order valence-electron chi connectivity index (χ1n) is 7.83. The Hall–Kier alpha value is -1.94. The second-order valence-electron chi connectivity index (χ2n) is 5.75. The van der Waals surface area contributed by atoms with Crippen LogP contribution < -0.4 is 5.32 Å². The highest BCUT2D eigenvalue weighted by Gasteiger charge is 2.36. The molecule has 114 valence electrons. The van der Waals surface area contributed by atoms with E-state index in [1.54, 1.807) is 4.90 Å². The smallest absolute Gasteiger partial charge is 0.276 e. The van der Waals surface area contributed by atoms with Crippen LogP contribution in [0.25, 0.3) is 6.08 Å². The highest BCUT2D eigenvalue weighted by Crippen LogP contribution is 2.26. The third kappa shape index (κ3) is 3.28. The number of benzene rings is 1. The first kappa shape index (κ1) is 15.0. The topological polar surface area (TPSA) is 32.3 Å². The molecule has 1 N–H and O–H groups in total. The van der Waals surface area contributed by atoms with Crippen molar-refractivity contribution in [1.82, 2.24) is 10.2 Å². The fourth-order valence-corrected chi connectivity index (χ4v) is 3.40. The first-order chi connectivity index (χ1) is 10.8. The lowest BCUT2D eigenvalue weighted by atomic mass is 9.94. The van der Waals surface area contributed by atoms with E-state index < -0.39 is 0 Å². The molecule has 1 aliphatic heterocycles. The van der Waals surface area contributed by atoms with Crippen molar-refractivity contribution in [3.05, 3.63) is 53.7 Å². The second kappa shape index (κ2) is 6.88. The number of carbonyl (C=O) groups is 1. The summed E-state index contributed by atoms with van der Waals surface area (Å²) in [5.41, 5.74) is 1.68. The lowest BCUT2D eigenvalue weighted by molar-refractivity contribution is -0.124. The summed E-state index contributed by atoms with van der Waals surface area (Å²) in [4.78, 5) is 14.3. The maximum absolute atomic E-state index is 12.5. The van der Waals surface area contributed by atoms with E-state index in [1.807, 2.05) is 48.6 Å². The van der Waals surface area contributed by atoms with E-state index in [4.69, 9.17) is 12.2 Å². The maximum atomic E-state index is 12.5. The average molecular weight is 312 g/mol. The standard InChI is InChI=1S/C18H20N2OS/c21-17-16(13-7-10-14-8-3-1-4-9-14)19-18(22)20(17)15-11-5-2-6-12-15/h1,3-4,7-10,13,15H,2,5-6,11-12H2,(H,19,22)/b10-7+,16-13+. The number of nitrogens with one attached hydrogen (secondary N) is 1. The molecule has 0 unspecified atom stereocenters. The van der Waals surface area contributed by atoms with E-state index in [2.05, 4.69) is 5.32 Å². The number of allylic oxidation sites excluding steroid dienone is 2. The van der Waals surface area contributed by atoms with Gasteiger partial charge in [-0.25, -0.2) is 0 Å². The number of nitrogens with zero attached hydrogens (tertiary/aromatic N) is 1. The lowest BCUT2D eigenvalue weighted by Crippen LogP contribution is -2.41. The highest BCUT2D eigenvalue weighted by atomic mass is 32.1. The van der Waals surface area contributed by atoms with Gasteiger partial charge in [0.2, 0.25) is 0 Å². The number of rotatable bonds is 3. The van der Waals surface area contributed by atoms with Gasteiger partial charge in [-0.15, -0.1) is 0 Å². The van der Waals surface area contributed by atoms with Crippen LogP contribution in [0.4, 0.5) is 0 Å². The largest absolute Gasteiger partial charge is 0.328 e. The molecule has 1 aromatic rings. The Kier molecular flexibility index (Phi) is 4.68.